The maximum absolute atomic E-state index is 13.8. The lowest BCUT2D eigenvalue weighted by atomic mass is 9.74. The molecule has 0 heterocycles. The number of rotatable bonds is 5. The molecule has 2 fully saturated rings. The average Bonchev–Trinajstić information content (AvgIpc) is 3.06. The number of halogens is 1. The monoisotopic (exact) mass is 356 g/mol. The van der Waals surface area contributed by atoms with Crippen molar-refractivity contribution in [3.63, 3.8) is 0 Å². The van der Waals surface area contributed by atoms with E-state index in [-0.39, 0.29) is 29.1 Å². The van der Waals surface area contributed by atoms with Gasteiger partial charge in [0.1, 0.15) is 11.6 Å². The van der Waals surface area contributed by atoms with Crippen LogP contribution in [0.2, 0.25) is 0 Å². The van der Waals surface area contributed by atoms with Gasteiger partial charge in [0.25, 0.3) is 0 Å². The third-order valence-corrected chi connectivity index (χ3v) is 5.99. The second-order valence-corrected chi connectivity index (χ2v) is 8.17. The van der Waals surface area contributed by atoms with Gasteiger partial charge in [0, 0.05) is 23.3 Å². The second kappa shape index (κ2) is 7.19. The molecule has 1 aromatic carbocycles. The van der Waals surface area contributed by atoms with Crippen molar-refractivity contribution in [1.29, 1.82) is 5.26 Å². The minimum absolute atomic E-state index is 0.0194. The van der Waals surface area contributed by atoms with Crippen LogP contribution in [-0.2, 0) is 15.0 Å². The lowest BCUT2D eigenvalue weighted by Gasteiger charge is -2.28. The van der Waals surface area contributed by atoms with Gasteiger partial charge in [-0.05, 0) is 76.1 Å². The Hall–Kier alpha value is -2.22. The first-order valence-electron chi connectivity index (χ1n) is 9.37. The number of carbonyl (C=O) groups is 2. The maximum Gasteiger partial charge on any atom is 0.223 e. The molecule has 1 aromatic rings. The van der Waals surface area contributed by atoms with Crippen molar-refractivity contribution in [2.75, 3.05) is 0 Å². The van der Waals surface area contributed by atoms with Gasteiger partial charge >= 0.3 is 0 Å². The van der Waals surface area contributed by atoms with Crippen molar-refractivity contribution >= 4 is 11.7 Å². The first-order chi connectivity index (χ1) is 12.3. The Balaban J connectivity index is 1.69. The van der Waals surface area contributed by atoms with Crippen LogP contribution in [0.3, 0.4) is 0 Å². The lowest BCUT2D eigenvalue weighted by Crippen LogP contribution is -2.42. The summed E-state index contributed by atoms with van der Waals surface area (Å²) in [5.74, 6) is -0.728. The molecule has 0 spiro atoms. The van der Waals surface area contributed by atoms with Gasteiger partial charge in [0.2, 0.25) is 5.91 Å². The predicted octanol–water partition coefficient (Wildman–Crippen LogP) is 3.63. The van der Waals surface area contributed by atoms with Crippen LogP contribution in [0.15, 0.2) is 18.2 Å². The highest BCUT2D eigenvalue weighted by Crippen LogP contribution is 2.38. The van der Waals surface area contributed by atoms with Crippen molar-refractivity contribution in [3.05, 3.63) is 35.1 Å². The fraction of sp³-hybridized carbons (Fsp3) is 0.571. The predicted molar refractivity (Wildman–Crippen MR) is 95.8 cm³/mol. The summed E-state index contributed by atoms with van der Waals surface area (Å²) >= 11 is 0. The molecule has 0 aliphatic heterocycles. The highest BCUT2D eigenvalue weighted by atomic mass is 19.1. The Kier molecular flexibility index (Phi) is 5.13. The zero-order chi connectivity index (χ0) is 18.9. The zero-order valence-corrected chi connectivity index (χ0v) is 15.3. The van der Waals surface area contributed by atoms with Gasteiger partial charge < -0.3 is 5.32 Å². The second-order valence-electron chi connectivity index (χ2n) is 8.17. The molecule has 1 N–H and O–H groups in total. The standard InChI is InChI=1S/C21H25FN2O2/c1-21(2,16-8-13(12-23)9-17(22)11-16)19(25)14-6-7-15(10-14)20(26)24-18-4-3-5-18/h8-9,11,14-15,18H,3-7,10H2,1-2H3,(H,24,26)/t14?,15-/m0/s1. The Morgan fingerprint density at radius 3 is 2.46 bits per heavy atom. The maximum atomic E-state index is 13.8. The molecule has 0 bridgehead atoms. The SMILES string of the molecule is CC(C)(C(=O)C1CC[C@H](C(=O)NC2CCC2)C1)c1cc(F)cc(C#N)c1. The van der Waals surface area contributed by atoms with E-state index in [1.165, 1.54) is 18.6 Å². The molecule has 2 aliphatic carbocycles. The van der Waals surface area contributed by atoms with Crippen LogP contribution < -0.4 is 5.32 Å². The Labute approximate surface area is 153 Å². The van der Waals surface area contributed by atoms with Crippen LogP contribution in [0.4, 0.5) is 4.39 Å². The number of nitrogens with one attached hydrogen (secondary N) is 1. The summed E-state index contributed by atoms with van der Waals surface area (Å²) in [6.07, 6.45) is 5.23. The molecule has 138 valence electrons. The molecule has 2 aliphatic rings. The van der Waals surface area contributed by atoms with Gasteiger partial charge in [-0.2, -0.15) is 5.26 Å². The number of hydrogen-bond donors (Lipinski definition) is 1. The molecular formula is C21H25FN2O2. The van der Waals surface area contributed by atoms with Gasteiger partial charge in [-0.3, -0.25) is 9.59 Å². The summed E-state index contributed by atoms with van der Waals surface area (Å²) in [4.78, 5) is 25.5. The normalized spacial score (nSPS) is 23.2. The summed E-state index contributed by atoms with van der Waals surface area (Å²) < 4.78 is 13.8. The van der Waals surface area contributed by atoms with E-state index in [1.807, 2.05) is 6.07 Å². The van der Waals surface area contributed by atoms with Crippen LogP contribution in [0.25, 0.3) is 0 Å². The third kappa shape index (κ3) is 3.65. The molecule has 0 aromatic heterocycles. The average molecular weight is 356 g/mol. The number of carbonyl (C=O) groups excluding carboxylic acids is 2. The summed E-state index contributed by atoms with van der Waals surface area (Å²) in [7, 11) is 0. The summed E-state index contributed by atoms with van der Waals surface area (Å²) in [6, 6.07) is 6.32. The van der Waals surface area contributed by atoms with Crippen molar-refractivity contribution in [1.82, 2.24) is 5.32 Å². The Morgan fingerprint density at radius 1 is 1.15 bits per heavy atom. The first-order valence-corrected chi connectivity index (χ1v) is 9.37. The molecule has 0 radical (unpaired) electrons. The van der Waals surface area contributed by atoms with Crippen molar-refractivity contribution in [2.45, 2.75) is 63.8 Å². The van der Waals surface area contributed by atoms with Gasteiger partial charge in [0.15, 0.2) is 0 Å². The van der Waals surface area contributed by atoms with E-state index < -0.39 is 11.2 Å². The van der Waals surface area contributed by atoms with Gasteiger partial charge in [-0.25, -0.2) is 4.39 Å². The summed E-state index contributed by atoms with van der Waals surface area (Å²) in [5.41, 5.74) is -0.163. The molecule has 5 heteroatoms. The van der Waals surface area contributed by atoms with E-state index in [9.17, 15) is 14.0 Å². The van der Waals surface area contributed by atoms with Crippen LogP contribution in [0.1, 0.15) is 63.5 Å². The number of nitrogens with zero attached hydrogens (tertiary/aromatic N) is 1. The molecule has 4 nitrogen and oxygen atoms in total. The van der Waals surface area contributed by atoms with E-state index in [1.54, 1.807) is 19.9 Å². The number of benzene rings is 1. The van der Waals surface area contributed by atoms with Crippen molar-refractivity contribution < 1.29 is 14.0 Å². The van der Waals surface area contributed by atoms with Crippen LogP contribution in [0, 0.1) is 29.0 Å². The molecule has 2 saturated carbocycles. The van der Waals surface area contributed by atoms with Gasteiger partial charge in [0.05, 0.1) is 11.6 Å². The number of ketones is 1. The molecule has 1 amide bonds. The number of nitriles is 1. The number of Topliss-reactive ketones (excluding diaryl/α,β-unsaturated/α-hetero) is 1. The van der Waals surface area contributed by atoms with E-state index in [4.69, 9.17) is 5.26 Å². The zero-order valence-electron chi connectivity index (χ0n) is 15.3. The number of hydrogen-bond acceptors (Lipinski definition) is 3. The largest absolute Gasteiger partial charge is 0.353 e. The van der Waals surface area contributed by atoms with Crippen molar-refractivity contribution in [3.8, 4) is 6.07 Å². The van der Waals surface area contributed by atoms with E-state index >= 15 is 0 Å². The van der Waals surface area contributed by atoms with Crippen LogP contribution in [-0.4, -0.2) is 17.7 Å². The molecule has 3 rings (SSSR count). The van der Waals surface area contributed by atoms with Crippen LogP contribution in [0.5, 0.6) is 0 Å². The molecule has 1 unspecified atom stereocenters. The fourth-order valence-corrected chi connectivity index (χ4v) is 4.00. The van der Waals surface area contributed by atoms with Gasteiger partial charge in [-0.1, -0.05) is 0 Å². The quantitative estimate of drug-likeness (QED) is 0.876. The smallest absolute Gasteiger partial charge is 0.223 e. The van der Waals surface area contributed by atoms with E-state index in [0.29, 0.717) is 24.4 Å². The highest BCUT2D eigenvalue weighted by molar-refractivity contribution is 5.92. The lowest BCUT2D eigenvalue weighted by molar-refractivity contribution is -0.128. The molecule has 26 heavy (non-hydrogen) atoms. The minimum Gasteiger partial charge on any atom is -0.353 e. The summed E-state index contributed by atoms with van der Waals surface area (Å²) in [5, 5.41) is 12.1. The highest BCUT2D eigenvalue weighted by Gasteiger charge is 2.41. The Bertz CT molecular complexity index is 762. The number of amides is 1. The first kappa shape index (κ1) is 18.6. The fourth-order valence-electron chi connectivity index (χ4n) is 4.00. The van der Waals surface area contributed by atoms with Gasteiger partial charge in [-0.15, -0.1) is 0 Å². The topological polar surface area (TPSA) is 70.0 Å². The van der Waals surface area contributed by atoms with E-state index in [2.05, 4.69) is 5.32 Å². The molecule has 2 atom stereocenters. The third-order valence-electron chi connectivity index (χ3n) is 5.99. The van der Waals surface area contributed by atoms with Crippen LogP contribution >= 0.6 is 0 Å². The van der Waals surface area contributed by atoms with E-state index in [0.717, 1.165) is 19.3 Å². The Morgan fingerprint density at radius 2 is 1.85 bits per heavy atom. The summed E-state index contributed by atoms with van der Waals surface area (Å²) in [6.45, 7) is 3.54. The van der Waals surface area contributed by atoms with Crippen molar-refractivity contribution in [2.24, 2.45) is 11.8 Å². The minimum atomic E-state index is -0.891. The molecule has 0 saturated heterocycles. The molecular weight excluding hydrogens is 331 g/mol.